The van der Waals surface area contributed by atoms with Crippen LogP contribution in [0.15, 0.2) is 0 Å². The average Bonchev–Trinajstić information content (AvgIpc) is 3.32. The fourth-order valence-corrected chi connectivity index (χ4v) is 6.28. The van der Waals surface area contributed by atoms with Crippen molar-refractivity contribution < 1.29 is 28.7 Å². The minimum absolute atomic E-state index is 0.207. The topological polar surface area (TPSA) is 160 Å². The van der Waals surface area contributed by atoms with Crippen LogP contribution < -0.4 is 21.7 Å². The highest BCUT2D eigenvalue weighted by atomic mass is 16.5. The molecule has 3 rings (SSSR count). The number of rotatable bonds is 3. The maximum absolute atomic E-state index is 14.0. The zero-order valence-electron chi connectivity index (χ0n) is 24.8. The number of carbonyl (C=O) groups is 5. The molecule has 11 heteroatoms. The maximum Gasteiger partial charge on any atom is 0.315 e. The van der Waals surface area contributed by atoms with E-state index in [9.17, 15) is 24.0 Å². The summed E-state index contributed by atoms with van der Waals surface area (Å²) in [7, 11) is 0. The second-order valence-electron chi connectivity index (χ2n) is 13.3. The van der Waals surface area contributed by atoms with Gasteiger partial charge in [0.1, 0.15) is 12.1 Å². The first-order chi connectivity index (χ1) is 18.7. The molecular formula is C29H49N5O6. The van der Waals surface area contributed by atoms with Gasteiger partial charge in [0, 0.05) is 18.0 Å². The first-order valence-corrected chi connectivity index (χ1v) is 14.9. The molecule has 5 N–H and O–H groups in total. The number of nitrogens with zero attached hydrogens (tertiary/aromatic N) is 1. The highest BCUT2D eigenvalue weighted by molar-refractivity contribution is 6.37. The van der Waals surface area contributed by atoms with E-state index in [1.165, 1.54) is 4.90 Å². The van der Waals surface area contributed by atoms with Crippen molar-refractivity contribution in [2.24, 2.45) is 11.7 Å². The van der Waals surface area contributed by atoms with Crippen LogP contribution in [0.2, 0.25) is 0 Å². The fourth-order valence-electron chi connectivity index (χ4n) is 6.28. The van der Waals surface area contributed by atoms with E-state index in [0.717, 1.165) is 44.9 Å². The first-order valence-electron chi connectivity index (χ1n) is 14.9. The third-order valence-corrected chi connectivity index (χ3v) is 8.05. The molecule has 5 atom stereocenters. The van der Waals surface area contributed by atoms with Gasteiger partial charge in [-0.05, 0) is 53.9 Å². The quantitative estimate of drug-likeness (QED) is 0.386. The van der Waals surface area contributed by atoms with E-state index in [1.807, 2.05) is 34.6 Å². The van der Waals surface area contributed by atoms with Gasteiger partial charge in [-0.2, -0.15) is 0 Å². The first kappa shape index (κ1) is 31.8. The number of hydrogen-bond acceptors (Lipinski definition) is 6. The normalized spacial score (nSPS) is 30.4. The van der Waals surface area contributed by atoms with Gasteiger partial charge in [-0.25, -0.2) is 4.79 Å². The van der Waals surface area contributed by atoms with Crippen LogP contribution in [0.4, 0.5) is 4.79 Å². The lowest BCUT2D eigenvalue weighted by atomic mass is 9.89. The average molecular weight is 564 g/mol. The molecule has 226 valence electrons. The molecule has 3 aliphatic rings. The number of ether oxygens (including phenoxy) is 1. The summed E-state index contributed by atoms with van der Waals surface area (Å²) in [6.07, 6.45) is 8.34. The molecule has 0 radical (unpaired) electrons. The molecular weight excluding hydrogens is 514 g/mol. The number of nitrogens with one attached hydrogen (secondary N) is 3. The van der Waals surface area contributed by atoms with Gasteiger partial charge in [-0.3, -0.25) is 19.2 Å². The third-order valence-electron chi connectivity index (χ3n) is 8.05. The largest absolute Gasteiger partial charge is 0.370 e. The van der Waals surface area contributed by atoms with E-state index in [4.69, 9.17) is 10.5 Å². The molecule has 0 aromatic rings. The van der Waals surface area contributed by atoms with Gasteiger partial charge in [-0.1, -0.05) is 51.4 Å². The van der Waals surface area contributed by atoms with E-state index >= 15 is 0 Å². The van der Waals surface area contributed by atoms with Crippen LogP contribution in [0.1, 0.15) is 105 Å². The van der Waals surface area contributed by atoms with Gasteiger partial charge in [-0.15, -0.1) is 0 Å². The Morgan fingerprint density at radius 3 is 2.12 bits per heavy atom. The maximum atomic E-state index is 14.0. The van der Waals surface area contributed by atoms with Gasteiger partial charge in [0.25, 0.3) is 5.91 Å². The van der Waals surface area contributed by atoms with Crippen LogP contribution in [0, 0.1) is 5.92 Å². The van der Waals surface area contributed by atoms with Crippen molar-refractivity contribution >= 4 is 29.5 Å². The summed E-state index contributed by atoms with van der Waals surface area (Å²) in [5, 5.41) is 8.49. The zero-order valence-corrected chi connectivity index (χ0v) is 24.8. The number of nitrogens with two attached hydrogens (primary N) is 1. The summed E-state index contributed by atoms with van der Waals surface area (Å²) >= 11 is 0. The summed E-state index contributed by atoms with van der Waals surface area (Å²) in [6, 6.07) is -3.20. The van der Waals surface area contributed by atoms with Gasteiger partial charge < -0.3 is 31.3 Å². The molecule has 5 amide bonds. The highest BCUT2D eigenvalue weighted by Gasteiger charge is 2.56. The standard InChI is InChI=1S/C29H49N5O6/c1-28(2,3)33-27(39)32-20-15-13-11-9-7-6-8-10-12-14-19(23(35)24(30)36)31-25(37)22-18-16-29(4,5)40-21(18)17-34(22)26(20)38/h18-22H,6-17H2,1-5H3,(H2,30,36)(H,31,37)(H2,32,33,39)/t18-,19-,20-,21-,22-/m0/s1. The number of urea groups is 1. The smallest absolute Gasteiger partial charge is 0.315 e. The monoisotopic (exact) mass is 563 g/mol. The second kappa shape index (κ2) is 13.3. The molecule has 3 heterocycles. The van der Waals surface area contributed by atoms with Crippen LogP contribution in [0.3, 0.4) is 0 Å². The number of hydrogen-bond donors (Lipinski definition) is 4. The van der Waals surface area contributed by atoms with E-state index in [1.54, 1.807) is 0 Å². The van der Waals surface area contributed by atoms with Crippen molar-refractivity contribution in [3.05, 3.63) is 0 Å². The molecule has 0 aliphatic carbocycles. The van der Waals surface area contributed by atoms with Gasteiger partial charge in [0.2, 0.25) is 17.6 Å². The third kappa shape index (κ3) is 8.65. The SMILES string of the molecule is CC(C)(C)NC(=O)N[C@H]1CCCCCCCCCC[C@@H](C(=O)C(N)=O)NC(=O)[C@@H]2[C@H]3CC(C)(C)O[C@H]3CN2C1=O. The Morgan fingerprint density at radius 2 is 1.55 bits per heavy atom. The van der Waals surface area contributed by atoms with Gasteiger partial charge in [0.05, 0.1) is 17.7 Å². The van der Waals surface area contributed by atoms with Gasteiger partial charge >= 0.3 is 6.03 Å². The molecule has 0 bridgehead atoms. The summed E-state index contributed by atoms with van der Waals surface area (Å²) < 4.78 is 6.22. The number of Topliss-reactive ketones (excluding diaryl/α,β-unsaturated/α-hetero) is 1. The van der Waals surface area contributed by atoms with E-state index in [0.29, 0.717) is 25.7 Å². The van der Waals surface area contributed by atoms with Crippen molar-refractivity contribution in [1.82, 2.24) is 20.9 Å². The molecule has 0 aromatic heterocycles. The molecule has 0 unspecified atom stereocenters. The van der Waals surface area contributed by atoms with Crippen molar-refractivity contribution in [2.75, 3.05) is 6.54 Å². The van der Waals surface area contributed by atoms with E-state index in [2.05, 4.69) is 16.0 Å². The van der Waals surface area contributed by atoms with Crippen LogP contribution in [0.25, 0.3) is 0 Å². The van der Waals surface area contributed by atoms with Crippen molar-refractivity contribution in [3.63, 3.8) is 0 Å². The summed E-state index contributed by atoms with van der Waals surface area (Å²) in [5.74, 6) is -3.05. The molecule has 0 saturated carbocycles. The Hall–Kier alpha value is -2.69. The van der Waals surface area contributed by atoms with Crippen molar-refractivity contribution in [1.29, 1.82) is 0 Å². The molecule has 3 fully saturated rings. The van der Waals surface area contributed by atoms with E-state index in [-0.39, 0.29) is 24.5 Å². The lowest BCUT2D eigenvalue weighted by Crippen LogP contribution is -2.59. The Bertz CT molecular complexity index is 961. The lowest BCUT2D eigenvalue weighted by molar-refractivity contribution is -0.143. The predicted octanol–water partition coefficient (Wildman–Crippen LogP) is 2.30. The molecule has 3 aliphatic heterocycles. The molecule has 3 saturated heterocycles. The highest BCUT2D eigenvalue weighted by Crippen LogP contribution is 2.43. The number of primary amides is 1. The number of carbonyl (C=O) groups excluding carboxylic acids is 5. The predicted molar refractivity (Wildman–Crippen MR) is 150 cm³/mol. The Kier molecular flexibility index (Phi) is 10.6. The number of ketones is 1. The Labute approximate surface area is 238 Å². The summed E-state index contributed by atoms with van der Waals surface area (Å²) in [4.78, 5) is 66.6. The number of amides is 5. The minimum Gasteiger partial charge on any atom is -0.370 e. The summed E-state index contributed by atoms with van der Waals surface area (Å²) in [5.41, 5.74) is 4.36. The lowest BCUT2D eigenvalue weighted by Gasteiger charge is -2.33. The van der Waals surface area contributed by atoms with Crippen LogP contribution in [-0.2, 0) is 23.9 Å². The molecule has 40 heavy (non-hydrogen) atoms. The van der Waals surface area contributed by atoms with Gasteiger partial charge in [0.15, 0.2) is 0 Å². The Morgan fingerprint density at radius 1 is 0.975 bits per heavy atom. The van der Waals surface area contributed by atoms with E-state index < -0.39 is 52.9 Å². The molecule has 11 nitrogen and oxygen atoms in total. The van der Waals surface area contributed by atoms with Crippen LogP contribution in [-0.4, -0.2) is 76.4 Å². The van der Waals surface area contributed by atoms with Crippen molar-refractivity contribution in [2.45, 2.75) is 141 Å². The van der Waals surface area contributed by atoms with Crippen molar-refractivity contribution in [3.8, 4) is 0 Å². The molecule has 0 spiro atoms. The minimum atomic E-state index is -1.09. The number of fused-ring (bicyclic) bond motifs is 3. The Balaban J connectivity index is 1.91. The van der Waals surface area contributed by atoms with Crippen LogP contribution in [0.5, 0.6) is 0 Å². The fraction of sp³-hybridized carbons (Fsp3) is 0.828. The van der Waals surface area contributed by atoms with Crippen LogP contribution >= 0.6 is 0 Å². The molecule has 0 aromatic carbocycles. The zero-order chi connectivity index (χ0) is 29.7. The summed E-state index contributed by atoms with van der Waals surface area (Å²) in [6.45, 7) is 9.70. The second-order valence-corrected chi connectivity index (χ2v) is 13.3.